The van der Waals surface area contributed by atoms with Crippen LogP contribution in [0.3, 0.4) is 0 Å². The first-order valence-corrected chi connectivity index (χ1v) is 8.93. The number of hydrogen-bond donors (Lipinski definition) is 0. The van der Waals surface area contributed by atoms with Crippen molar-refractivity contribution in [1.29, 1.82) is 0 Å². The van der Waals surface area contributed by atoms with Crippen molar-refractivity contribution in [3.63, 3.8) is 0 Å². The molecule has 27 heavy (non-hydrogen) atoms. The first-order chi connectivity index (χ1) is 12.9. The second-order valence-electron chi connectivity index (χ2n) is 6.80. The van der Waals surface area contributed by atoms with Crippen LogP contribution in [0, 0.1) is 17.0 Å². The quantitative estimate of drug-likeness (QED) is 0.571. The highest BCUT2D eigenvalue weighted by molar-refractivity contribution is 5.78. The average molecular weight is 372 g/mol. The van der Waals surface area contributed by atoms with Gasteiger partial charge >= 0.3 is 0 Å². The van der Waals surface area contributed by atoms with Gasteiger partial charge in [0.1, 0.15) is 11.5 Å². The lowest BCUT2D eigenvalue weighted by molar-refractivity contribution is -0.384. The molecule has 0 radical (unpaired) electrons. The summed E-state index contributed by atoms with van der Waals surface area (Å²) in [7, 11) is 1.79. The molecule has 0 aliphatic carbocycles. The molecule has 8 heteroatoms. The molecule has 0 atom stereocenters. The first-order valence-electron chi connectivity index (χ1n) is 8.93. The Kier molecular flexibility index (Phi) is 5.75. The third-order valence-electron chi connectivity index (χ3n) is 4.77. The van der Waals surface area contributed by atoms with Crippen molar-refractivity contribution in [2.24, 2.45) is 0 Å². The van der Waals surface area contributed by atoms with Gasteiger partial charge in [-0.1, -0.05) is 0 Å². The molecule has 0 saturated carbocycles. The molecule has 2 aromatic rings. The first kappa shape index (κ1) is 18.9. The van der Waals surface area contributed by atoms with Crippen molar-refractivity contribution >= 4 is 17.3 Å². The Labute approximate surface area is 158 Å². The summed E-state index contributed by atoms with van der Waals surface area (Å²) in [6.07, 6.45) is 0. The summed E-state index contributed by atoms with van der Waals surface area (Å²) in [5.41, 5.74) is 1.06. The van der Waals surface area contributed by atoms with E-state index < -0.39 is 4.92 Å². The number of furan rings is 1. The number of carbonyl (C=O) groups excluding carboxylic acids is 1. The molecule has 1 fully saturated rings. The molecule has 1 aliphatic heterocycles. The van der Waals surface area contributed by atoms with Crippen LogP contribution in [-0.4, -0.2) is 60.4 Å². The minimum absolute atomic E-state index is 0.0628. The van der Waals surface area contributed by atoms with Crippen LogP contribution in [0.15, 0.2) is 40.8 Å². The number of rotatable bonds is 6. The minimum atomic E-state index is -0.395. The average Bonchev–Trinajstić information content (AvgIpc) is 3.07. The summed E-state index contributed by atoms with van der Waals surface area (Å²) >= 11 is 0. The topological polar surface area (TPSA) is 83.1 Å². The molecule has 0 bridgehead atoms. The number of non-ortho nitro benzene ring substituents is 1. The fourth-order valence-corrected chi connectivity index (χ4v) is 3.15. The zero-order valence-electron chi connectivity index (χ0n) is 15.6. The Morgan fingerprint density at radius 2 is 1.81 bits per heavy atom. The zero-order chi connectivity index (χ0) is 19.4. The predicted octanol–water partition coefficient (Wildman–Crippen LogP) is 2.28. The van der Waals surface area contributed by atoms with Gasteiger partial charge in [-0.2, -0.15) is 0 Å². The van der Waals surface area contributed by atoms with Gasteiger partial charge in [0.2, 0.25) is 5.91 Å². The van der Waals surface area contributed by atoms with Gasteiger partial charge in [-0.3, -0.25) is 19.8 Å². The number of nitro benzene ring substituents is 1. The molecule has 8 nitrogen and oxygen atoms in total. The van der Waals surface area contributed by atoms with Gasteiger partial charge in [0.05, 0.1) is 18.0 Å². The summed E-state index contributed by atoms with van der Waals surface area (Å²) in [6, 6.07) is 10.4. The maximum atomic E-state index is 12.4. The number of anilines is 1. The van der Waals surface area contributed by atoms with E-state index in [1.54, 1.807) is 24.1 Å². The Balaban J connectivity index is 1.47. The van der Waals surface area contributed by atoms with Crippen LogP contribution in [0.25, 0.3) is 0 Å². The third-order valence-corrected chi connectivity index (χ3v) is 4.77. The summed E-state index contributed by atoms with van der Waals surface area (Å²) < 4.78 is 5.52. The van der Waals surface area contributed by atoms with E-state index in [0.29, 0.717) is 13.1 Å². The van der Waals surface area contributed by atoms with Gasteiger partial charge in [-0.15, -0.1) is 0 Å². The normalized spacial score (nSPS) is 15.0. The Morgan fingerprint density at radius 3 is 2.37 bits per heavy atom. The molecular weight excluding hydrogens is 348 g/mol. The second-order valence-corrected chi connectivity index (χ2v) is 6.80. The van der Waals surface area contributed by atoms with Gasteiger partial charge in [0.15, 0.2) is 0 Å². The molecule has 3 rings (SSSR count). The molecule has 1 amide bonds. The monoisotopic (exact) mass is 372 g/mol. The highest BCUT2D eigenvalue weighted by atomic mass is 16.6. The molecule has 0 unspecified atom stereocenters. The number of nitro groups is 1. The van der Waals surface area contributed by atoms with Crippen molar-refractivity contribution in [1.82, 2.24) is 9.80 Å². The summed E-state index contributed by atoms with van der Waals surface area (Å²) in [4.78, 5) is 28.8. The van der Waals surface area contributed by atoms with Crippen LogP contribution in [0.1, 0.15) is 11.5 Å². The largest absolute Gasteiger partial charge is 0.464 e. The van der Waals surface area contributed by atoms with Crippen LogP contribution in [0.5, 0.6) is 0 Å². The highest BCUT2D eigenvalue weighted by Crippen LogP contribution is 2.20. The number of carbonyl (C=O) groups is 1. The van der Waals surface area contributed by atoms with E-state index >= 15 is 0 Å². The molecule has 144 valence electrons. The lowest BCUT2D eigenvalue weighted by Gasteiger charge is -2.36. The third kappa shape index (κ3) is 4.85. The van der Waals surface area contributed by atoms with Crippen molar-refractivity contribution in [3.05, 3.63) is 58.0 Å². The van der Waals surface area contributed by atoms with Crippen molar-refractivity contribution in [2.45, 2.75) is 13.5 Å². The van der Waals surface area contributed by atoms with Crippen LogP contribution >= 0.6 is 0 Å². The Hall–Kier alpha value is -2.87. The summed E-state index contributed by atoms with van der Waals surface area (Å²) in [5.74, 6) is 1.69. The van der Waals surface area contributed by atoms with Crippen molar-refractivity contribution < 1.29 is 14.1 Å². The molecule has 1 aromatic carbocycles. The number of hydrogen-bond acceptors (Lipinski definition) is 6. The molecular formula is C19H24N4O4. The van der Waals surface area contributed by atoms with Gasteiger partial charge in [-0.05, 0) is 31.2 Å². The number of aryl methyl sites for hydroxylation is 1. The Bertz CT molecular complexity index is 794. The van der Waals surface area contributed by atoms with E-state index in [9.17, 15) is 14.9 Å². The van der Waals surface area contributed by atoms with Gasteiger partial charge in [-0.25, -0.2) is 0 Å². The molecule has 1 aliphatic rings. The standard InChI is InChI=1S/C19H24N4O4/c1-15-3-8-18(27-15)13-20(2)19(24)14-21-9-11-22(12-10-21)16-4-6-17(7-5-16)23(25)26/h3-8H,9-14H2,1-2H3. The highest BCUT2D eigenvalue weighted by Gasteiger charge is 2.21. The number of piperazine rings is 1. The smallest absolute Gasteiger partial charge is 0.269 e. The van der Waals surface area contributed by atoms with Gasteiger partial charge in [0.25, 0.3) is 5.69 Å². The van der Waals surface area contributed by atoms with E-state index in [1.807, 2.05) is 19.1 Å². The van der Waals surface area contributed by atoms with E-state index in [2.05, 4.69) is 9.80 Å². The van der Waals surface area contributed by atoms with E-state index in [4.69, 9.17) is 4.42 Å². The van der Waals surface area contributed by atoms with E-state index in [1.165, 1.54) is 12.1 Å². The number of benzene rings is 1. The van der Waals surface area contributed by atoms with Crippen molar-refractivity contribution in [3.8, 4) is 0 Å². The van der Waals surface area contributed by atoms with Gasteiger partial charge in [0, 0.05) is 51.0 Å². The number of amides is 1. The molecule has 1 aromatic heterocycles. The summed E-state index contributed by atoms with van der Waals surface area (Å²) in [5, 5.41) is 10.7. The fraction of sp³-hybridized carbons (Fsp3) is 0.421. The minimum Gasteiger partial charge on any atom is -0.464 e. The predicted molar refractivity (Wildman–Crippen MR) is 102 cm³/mol. The Morgan fingerprint density at radius 1 is 1.15 bits per heavy atom. The van der Waals surface area contributed by atoms with Gasteiger partial charge < -0.3 is 14.2 Å². The SMILES string of the molecule is Cc1ccc(CN(C)C(=O)CN2CCN(c3ccc([N+](=O)[O-])cc3)CC2)o1. The maximum Gasteiger partial charge on any atom is 0.269 e. The van der Waals surface area contributed by atoms with Crippen LogP contribution in [0.4, 0.5) is 11.4 Å². The molecule has 2 heterocycles. The maximum absolute atomic E-state index is 12.4. The van der Waals surface area contributed by atoms with Crippen LogP contribution < -0.4 is 4.90 Å². The lowest BCUT2D eigenvalue weighted by atomic mass is 10.2. The number of likely N-dealkylation sites (N-methyl/N-ethyl adjacent to an activating group) is 1. The summed E-state index contributed by atoms with van der Waals surface area (Å²) in [6.45, 7) is 5.85. The second kappa shape index (κ2) is 8.22. The molecule has 1 saturated heterocycles. The lowest BCUT2D eigenvalue weighted by Crippen LogP contribution is -2.49. The molecule has 0 spiro atoms. The molecule has 0 N–H and O–H groups in total. The number of nitrogens with zero attached hydrogens (tertiary/aromatic N) is 4. The fourth-order valence-electron chi connectivity index (χ4n) is 3.15. The van der Waals surface area contributed by atoms with Crippen LogP contribution in [-0.2, 0) is 11.3 Å². The van der Waals surface area contributed by atoms with E-state index in [0.717, 1.165) is 43.4 Å². The van der Waals surface area contributed by atoms with Crippen LogP contribution in [0.2, 0.25) is 0 Å². The zero-order valence-corrected chi connectivity index (χ0v) is 15.6. The van der Waals surface area contributed by atoms with E-state index in [-0.39, 0.29) is 11.6 Å². The van der Waals surface area contributed by atoms with Crippen molar-refractivity contribution in [2.75, 3.05) is 44.7 Å².